The number of amides is 4. The number of hydrogen-bond donors (Lipinski definition) is 4. The molecule has 1 aromatic rings. The number of aromatic hydroxyl groups is 1. The number of nitrogens with zero attached hydrogens (tertiary/aromatic N) is 1. The van der Waals surface area contributed by atoms with E-state index in [4.69, 9.17) is 4.74 Å². The quantitative estimate of drug-likeness (QED) is 0.0983. The predicted octanol–water partition coefficient (Wildman–Crippen LogP) is 4.69. The molecule has 1 fully saturated rings. The van der Waals surface area contributed by atoms with Crippen molar-refractivity contribution in [1.29, 1.82) is 0 Å². The standard InChI is InChI=1S/C36H58N4O7/c1-4-5-6-7-8-9-10-11-12-13-14-15-16-19-32(42)38-27(2)35(45)40-24-17-18-31(40)34(44)37-26-33(43)39-30(36(46)47-3)25-28-20-22-29(41)23-21-28/h20-23,27,30-31,41H,4-19,24-26H2,1-3H3,(H,37,44)(H,38,42)(H,39,43)/t27-,30-,31-/m0/s1. The smallest absolute Gasteiger partial charge is 0.328 e. The van der Waals surface area contributed by atoms with Gasteiger partial charge in [0, 0.05) is 19.4 Å². The highest BCUT2D eigenvalue weighted by atomic mass is 16.5. The molecule has 1 saturated heterocycles. The van der Waals surface area contributed by atoms with Gasteiger partial charge in [0.05, 0.1) is 13.7 Å². The summed E-state index contributed by atoms with van der Waals surface area (Å²) in [6, 6.07) is 3.73. The number of methoxy groups -OCH3 is 1. The SMILES string of the molecule is CCCCCCCCCCCCCCCC(=O)N[C@@H](C)C(=O)N1CCC[C@H]1C(=O)NCC(=O)N[C@@H](Cc1ccc(O)cc1)C(=O)OC. The van der Waals surface area contributed by atoms with Gasteiger partial charge in [-0.15, -0.1) is 0 Å². The topological polar surface area (TPSA) is 154 Å². The van der Waals surface area contributed by atoms with E-state index >= 15 is 0 Å². The number of unbranched alkanes of at least 4 members (excludes halogenated alkanes) is 12. The van der Waals surface area contributed by atoms with Crippen LogP contribution in [-0.4, -0.2) is 77.9 Å². The molecular formula is C36H58N4O7. The molecule has 0 bridgehead atoms. The number of rotatable bonds is 23. The molecule has 11 nitrogen and oxygen atoms in total. The van der Waals surface area contributed by atoms with Gasteiger partial charge in [-0.3, -0.25) is 19.2 Å². The van der Waals surface area contributed by atoms with Crippen molar-refractivity contribution in [3.63, 3.8) is 0 Å². The first-order chi connectivity index (χ1) is 22.7. The van der Waals surface area contributed by atoms with Gasteiger partial charge in [0.15, 0.2) is 0 Å². The number of benzene rings is 1. The average molecular weight is 659 g/mol. The van der Waals surface area contributed by atoms with Crippen LogP contribution < -0.4 is 16.0 Å². The molecule has 0 aromatic heterocycles. The van der Waals surface area contributed by atoms with E-state index in [9.17, 15) is 29.1 Å². The normalized spacial score (nSPS) is 15.5. The molecule has 1 aliphatic rings. The molecule has 1 aromatic carbocycles. The number of nitrogens with one attached hydrogen (secondary N) is 3. The summed E-state index contributed by atoms with van der Waals surface area (Å²) in [5.74, 6) is -2.11. The molecule has 0 aliphatic carbocycles. The zero-order valence-electron chi connectivity index (χ0n) is 28.8. The molecule has 4 N–H and O–H groups in total. The van der Waals surface area contributed by atoms with Crippen LogP contribution in [0.5, 0.6) is 5.75 Å². The molecule has 11 heteroatoms. The molecule has 2 rings (SSSR count). The van der Waals surface area contributed by atoms with Crippen molar-refractivity contribution >= 4 is 29.6 Å². The van der Waals surface area contributed by atoms with Crippen LogP contribution in [0.4, 0.5) is 0 Å². The van der Waals surface area contributed by atoms with Crippen LogP contribution >= 0.6 is 0 Å². The highest BCUT2D eigenvalue weighted by molar-refractivity contribution is 5.94. The van der Waals surface area contributed by atoms with Crippen LogP contribution in [0.3, 0.4) is 0 Å². The first-order valence-corrected chi connectivity index (χ1v) is 17.7. The second-order valence-electron chi connectivity index (χ2n) is 12.7. The minimum atomic E-state index is -0.984. The van der Waals surface area contributed by atoms with Crippen LogP contribution in [0.2, 0.25) is 0 Å². The summed E-state index contributed by atoms with van der Waals surface area (Å²) < 4.78 is 4.80. The van der Waals surface area contributed by atoms with Crippen molar-refractivity contribution in [2.75, 3.05) is 20.2 Å². The average Bonchev–Trinajstić information content (AvgIpc) is 3.56. The molecule has 1 heterocycles. The molecule has 264 valence electrons. The Morgan fingerprint density at radius 2 is 1.43 bits per heavy atom. The van der Waals surface area contributed by atoms with E-state index in [1.807, 2.05) is 0 Å². The van der Waals surface area contributed by atoms with Gasteiger partial charge in [-0.1, -0.05) is 96.1 Å². The van der Waals surface area contributed by atoms with Gasteiger partial charge in [0.2, 0.25) is 23.6 Å². The molecule has 0 unspecified atom stereocenters. The summed E-state index contributed by atoms with van der Waals surface area (Å²) in [5, 5.41) is 17.4. The van der Waals surface area contributed by atoms with Crippen LogP contribution in [0.15, 0.2) is 24.3 Å². The van der Waals surface area contributed by atoms with E-state index in [1.54, 1.807) is 19.1 Å². The second-order valence-corrected chi connectivity index (χ2v) is 12.7. The van der Waals surface area contributed by atoms with Gasteiger partial charge >= 0.3 is 5.97 Å². The maximum Gasteiger partial charge on any atom is 0.328 e. The predicted molar refractivity (Wildman–Crippen MR) is 181 cm³/mol. The maximum absolute atomic E-state index is 13.2. The van der Waals surface area contributed by atoms with Gasteiger partial charge < -0.3 is 30.7 Å². The second kappa shape index (κ2) is 22.8. The Labute approximate surface area is 280 Å². The number of esters is 1. The zero-order valence-corrected chi connectivity index (χ0v) is 28.8. The monoisotopic (exact) mass is 658 g/mol. The van der Waals surface area contributed by atoms with Crippen LogP contribution in [0.1, 0.15) is 122 Å². The molecule has 0 spiro atoms. The third-order valence-corrected chi connectivity index (χ3v) is 8.71. The van der Waals surface area contributed by atoms with Crippen LogP contribution in [0, 0.1) is 0 Å². The highest BCUT2D eigenvalue weighted by Gasteiger charge is 2.36. The number of carbonyl (C=O) groups excluding carboxylic acids is 5. The number of phenolic OH excluding ortho intramolecular Hbond substituents is 1. The molecule has 0 saturated carbocycles. The van der Waals surface area contributed by atoms with E-state index in [1.165, 1.54) is 88.4 Å². The Hall–Kier alpha value is -3.63. The number of likely N-dealkylation sites (tertiary alicyclic amines) is 1. The summed E-state index contributed by atoms with van der Waals surface area (Å²) in [7, 11) is 1.22. The van der Waals surface area contributed by atoms with Crippen LogP contribution in [0.25, 0.3) is 0 Å². The Morgan fingerprint density at radius 3 is 2.00 bits per heavy atom. The lowest BCUT2D eigenvalue weighted by atomic mass is 10.0. The fraction of sp³-hybridized carbons (Fsp3) is 0.694. The third-order valence-electron chi connectivity index (χ3n) is 8.71. The summed E-state index contributed by atoms with van der Waals surface area (Å²) in [6.45, 7) is 3.88. The van der Waals surface area contributed by atoms with E-state index in [-0.39, 0.29) is 30.5 Å². The van der Waals surface area contributed by atoms with Crippen molar-refractivity contribution in [3.05, 3.63) is 29.8 Å². The van der Waals surface area contributed by atoms with E-state index < -0.39 is 35.9 Å². The molecular weight excluding hydrogens is 600 g/mol. The lowest BCUT2D eigenvalue weighted by Crippen LogP contribution is -2.54. The molecule has 47 heavy (non-hydrogen) atoms. The van der Waals surface area contributed by atoms with E-state index in [0.717, 1.165) is 19.3 Å². The van der Waals surface area contributed by atoms with E-state index in [2.05, 4.69) is 22.9 Å². The molecule has 4 amide bonds. The Kier molecular flexibility index (Phi) is 19.2. The fourth-order valence-corrected chi connectivity index (χ4v) is 5.96. The summed E-state index contributed by atoms with van der Waals surface area (Å²) >= 11 is 0. The third kappa shape index (κ3) is 15.7. The number of hydrogen-bond acceptors (Lipinski definition) is 7. The van der Waals surface area contributed by atoms with Crippen LogP contribution in [-0.2, 0) is 35.1 Å². The van der Waals surface area contributed by atoms with Crippen molar-refractivity contribution in [2.24, 2.45) is 0 Å². The number of phenols is 1. The number of carbonyl (C=O) groups is 5. The maximum atomic E-state index is 13.2. The minimum Gasteiger partial charge on any atom is -0.508 e. The van der Waals surface area contributed by atoms with Gasteiger partial charge in [-0.25, -0.2) is 4.79 Å². The largest absolute Gasteiger partial charge is 0.508 e. The lowest BCUT2D eigenvalue weighted by molar-refractivity contribution is -0.145. The van der Waals surface area contributed by atoms with Crippen molar-refractivity contribution in [3.8, 4) is 5.75 Å². The van der Waals surface area contributed by atoms with Gasteiger partial charge in [-0.2, -0.15) is 0 Å². The summed E-state index contributed by atoms with van der Waals surface area (Å²) in [6.07, 6.45) is 17.6. The van der Waals surface area contributed by atoms with Crippen molar-refractivity contribution in [1.82, 2.24) is 20.9 Å². The first-order valence-electron chi connectivity index (χ1n) is 17.7. The summed E-state index contributed by atoms with van der Waals surface area (Å²) in [4.78, 5) is 65.0. The highest BCUT2D eigenvalue weighted by Crippen LogP contribution is 2.19. The Morgan fingerprint density at radius 1 is 0.851 bits per heavy atom. The number of ether oxygens (including phenoxy) is 1. The molecule has 3 atom stereocenters. The van der Waals surface area contributed by atoms with Crippen molar-refractivity contribution < 1.29 is 33.8 Å². The molecule has 0 radical (unpaired) electrons. The fourth-order valence-electron chi connectivity index (χ4n) is 5.96. The first kappa shape index (κ1) is 39.5. The van der Waals surface area contributed by atoms with E-state index in [0.29, 0.717) is 31.4 Å². The van der Waals surface area contributed by atoms with Crippen molar-refractivity contribution in [2.45, 2.75) is 141 Å². The Balaban J connectivity index is 1.66. The van der Waals surface area contributed by atoms with Gasteiger partial charge in [-0.05, 0) is 43.9 Å². The Bertz CT molecular complexity index is 1110. The summed E-state index contributed by atoms with van der Waals surface area (Å²) in [5.41, 5.74) is 0.702. The van der Waals surface area contributed by atoms with Gasteiger partial charge in [0.25, 0.3) is 0 Å². The molecule has 1 aliphatic heterocycles. The zero-order chi connectivity index (χ0) is 34.4. The minimum absolute atomic E-state index is 0.0800. The van der Waals surface area contributed by atoms with Gasteiger partial charge in [0.1, 0.15) is 23.9 Å². The lowest BCUT2D eigenvalue weighted by Gasteiger charge is -2.27.